The van der Waals surface area contributed by atoms with E-state index in [1.54, 1.807) is 0 Å². The maximum Gasteiger partial charge on any atom is 0.0751 e. The maximum atomic E-state index is 8.37. The van der Waals surface area contributed by atoms with E-state index in [4.69, 9.17) is 11.0 Å². The molecule has 0 saturated carbocycles. The first kappa shape index (κ1) is 5.54. The van der Waals surface area contributed by atoms with Crippen molar-refractivity contribution in [2.45, 2.75) is 6.04 Å². The van der Waals surface area contributed by atoms with E-state index < -0.39 is 0 Å². The van der Waals surface area contributed by atoms with E-state index in [0.29, 0.717) is 0 Å². The Morgan fingerprint density at radius 2 is 2.38 bits per heavy atom. The molecule has 44 valence electrons. The zero-order valence-corrected chi connectivity index (χ0v) is 4.59. The van der Waals surface area contributed by atoms with Gasteiger partial charge >= 0.3 is 0 Å². The Labute approximate surface area is 48.5 Å². The Hall–Kier alpha value is -0.590. The molecule has 8 heavy (non-hydrogen) atoms. The number of hydrogen-bond donors (Lipinski definition) is 2. The molecular formula is C5H9N3. The predicted octanol–water partition coefficient (Wildman–Crippen LogP) is -0.943. The monoisotopic (exact) mass is 111 g/mol. The summed E-state index contributed by atoms with van der Waals surface area (Å²) in [4.78, 5) is 0. The third kappa shape index (κ3) is 0.808. The van der Waals surface area contributed by atoms with Gasteiger partial charge in [-0.3, -0.25) is 0 Å². The highest BCUT2D eigenvalue weighted by Crippen LogP contribution is 2.02. The number of nitrogens with zero attached hydrogens (tertiary/aromatic N) is 1. The molecule has 1 aliphatic heterocycles. The molecule has 3 nitrogen and oxygen atoms in total. The standard InChI is InChI=1S/C5H9N3/c6-1-4-2-8-3-5(4)7/h4-5,8H,2-3,7H2/t4-,5+/m1/s1. The first-order chi connectivity index (χ1) is 3.84. The summed E-state index contributed by atoms with van der Waals surface area (Å²) in [7, 11) is 0. The average Bonchev–Trinajstić information content (AvgIpc) is 2.14. The van der Waals surface area contributed by atoms with Crippen LogP contribution in [0.15, 0.2) is 0 Å². The summed E-state index contributed by atoms with van der Waals surface area (Å²) in [5.74, 6) is 0.0370. The van der Waals surface area contributed by atoms with E-state index in [9.17, 15) is 0 Å². The highest BCUT2D eigenvalue weighted by atomic mass is 15.0. The lowest BCUT2D eigenvalue weighted by Crippen LogP contribution is -2.27. The molecule has 0 spiro atoms. The van der Waals surface area contributed by atoms with E-state index in [1.165, 1.54) is 0 Å². The highest BCUT2D eigenvalue weighted by Gasteiger charge is 2.22. The summed E-state index contributed by atoms with van der Waals surface area (Å²) in [6, 6.07) is 2.18. The molecule has 2 atom stereocenters. The van der Waals surface area contributed by atoms with Crippen molar-refractivity contribution in [1.29, 1.82) is 5.26 Å². The molecule has 1 rings (SSSR count). The fourth-order valence-electron chi connectivity index (χ4n) is 0.841. The van der Waals surface area contributed by atoms with Gasteiger partial charge in [-0.25, -0.2) is 0 Å². The molecule has 0 radical (unpaired) electrons. The maximum absolute atomic E-state index is 8.37. The molecule has 1 fully saturated rings. The van der Waals surface area contributed by atoms with Crippen molar-refractivity contribution < 1.29 is 0 Å². The minimum Gasteiger partial charge on any atom is -0.325 e. The molecule has 0 aromatic carbocycles. The molecule has 3 heteroatoms. The summed E-state index contributed by atoms with van der Waals surface area (Å²) in [6.07, 6.45) is 0. The number of nitrogens with two attached hydrogens (primary N) is 1. The van der Waals surface area contributed by atoms with Crippen molar-refractivity contribution in [1.82, 2.24) is 5.32 Å². The van der Waals surface area contributed by atoms with E-state index in [1.807, 2.05) is 0 Å². The predicted molar refractivity (Wildman–Crippen MR) is 29.9 cm³/mol. The van der Waals surface area contributed by atoms with Gasteiger partial charge in [0.25, 0.3) is 0 Å². The molecule has 0 unspecified atom stereocenters. The first-order valence-corrected chi connectivity index (χ1v) is 2.70. The van der Waals surface area contributed by atoms with E-state index >= 15 is 0 Å². The lowest BCUT2D eigenvalue weighted by molar-refractivity contribution is 0.635. The normalized spacial score (nSPS) is 37.0. The van der Waals surface area contributed by atoms with Crippen molar-refractivity contribution in [2.24, 2.45) is 11.7 Å². The van der Waals surface area contributed by atoms with Gasteiger partial charge < -0.3 is 11.1 Å². The Balaban J connectivity index is 2.45. The van der Waals surface area contributed by atoms with Gasteiger partial charge in [-0.2, -0.15) is 5.26 Å². The minimum atomic E-state index is 0.0370. The Bertz CT molecular complexity index is 115. The van der Waals surface area contributed by atoms with Gasteiger partial charge in [-0.05, 0) is 0 Å². The van der Waals surface area contributed by atoms with Gasteiger partial charge in [0.15, 0.2) is 0 Å². The summed E-state index contributed by atoms with van der Waals surface area (Å²) in [5, 5.41) is 11.4. The van der Waals surface area contributed by atoms with Crippen molar-refractivity contribution >= 4 is 0 Å². The third-order valence-electron chi connectivity index (χ3n) is 1.43. The lowest BCUT2D eigenvalue weighted by Gasteiger charge is -2.00. The van der Waals surface area contributed by atoms with Gasteiger partial charge in [0, 0.05) is 19.1 Å². The summed E-state index contributed by atoms with van der Waals surface area (Å²) < 4.78 is 0. The molecular weight excluding hydrogens is 102 g/mol. The second kappa shape index (κ2) is 2.12. The van der Waals surface area contributed by atoms with Crippen molar-refractivity contribution in [2.75, 3.05) is 13.1 Å². The van der Waals surface area contributed by atoms with Gasteiger partial charge in [0.05, 0.1) is 12.0 Å². The zero-order valence-electron chi connectivity index (χ0n) is 4.59. The molecule has 0 amide bonds. The number of nitriles is 1. The van der Waals surface area contributed by atoms with Crippen LogP contribution >= 0.6 is 0 Å². The molecule has 0 aromatic heterocycles. The van der Waals surface area contributed by atoms with Crippen molar-refractivity contribution in [3.8, 4) is 6.07 Å². The SMILES string of the molecule is N#C[C@@H]1CNC[C@@H]1N. The number of nitrogens with one attached hydrogen (secondary N) is 1. The summed E-state index contributed by atoms with van der Waals surface area (Å²) in [6.45, 7) is 1.55. The van der Waals surface area contributed by atoms with Crippen LogP contribution in [0.4, 0.5) is 0 Å². The smallest absolute Gasteiger partial charge is 0.0751 e. The van der Waals surface area contributed by atoms with Crippen LogP contribution in [0, 0.1) is 17.2 Å². The van der Waals surface area contributed by atoms with Crippen LogP contribution in [-0.2, 0) is 0 Å². The van der Waals surface area contributed by atoms with Crippen LogP contribution in [0.5, 0.6) is 0 Å². The van der Waals surface area contributed by atoms with E-state index in [2.05, 4.69) is 11.4 Å². The number of hydrogen-bond acceptors (Lipinski definition) is 3. The Kier molecular flexibility index (Phi) is 1.47. The van der Waals surface area contributed by atoms with Crippen molar-refractivity contribution in [3.05, 3.63) is 0 Å². The average molecular weight is 111 g/mol. The second-order valence-electron chi connectivity index (χ2n) is 2.06. The largest absolute Gasteiger partial charge is 0.325 e. The van der Waals surface area contributed by atoms with Crippen molar-refractivity contribution in [3.63, 3.8) is 0 Å². The Morgan fingerprint density at radius 1 is 1.62 bits per heavy atom. The summed E-state index contributed by atoms with van der Waals surface area (Å²) >= 11 is 0. The van der Waals surface area contributed by atoms with Gasteiger partial charge in [0.1, 0.15) is 0 Å². The molecule has 0 aromatic rings. The van der Waals surface area contributed by atoms with E-state index in [0.717, 1.165) is 13.1 Å². The molecule has 1 aliphatic rings. The molecule has 1 saturated heterocycles. The Morgan fingerprint density at radius 3 is 2.62 bits per heavy atom. The fourth-order valence-corrected chi connectivity index (χ4v) is 0.841. The van der Waals surface area contributed by atoms with E-state index in [-0.39, 0.29) is 12.0 Å². The van der Waals surface area contributed by atoms with Gasteiger partial charge in [0.2, 0.25) is 0 Å². The van der Waals surface area contributed by atoms with Gasteiger partial charge in [-0.1, -0.05) is 0 Å². The first-order valence-electron chi connectivity index (χ1n) is 2.70. The van der Waals surface area contributed by atoms with Crippen LogP contribution < -0.4 is 11.1 Å². The fraction of sp³-hybridized carbons (Fsp3) is 0.800. The van der Waals surface area contributed by atoms with Crippen LogP contribution in [0.1, 0.15) is 0 Å². The van der Waals surface area contributed by atoms with Crippen LogP contribution in [0.3, 0.4) is 0 Å². The zero-order chi connectivity index (χ0) is 5.98. The summed E-state index contributed by atoms with van der Waals surface area (Å²) in [5.41, 5.74) is 5.50. The molecule has 3 N–H and O–H groups in total. The minimum absolute atomic E-state index is 0.0370. The molecule has 1 heterocycles. The van der Waals surface area contributed by atoms with Crippen LogP contribution in [0.2, 0.25) is 0 Å². The third-order valence-corrected chi connectivity index (χ3v) is 1.43. The van der Waals surface area contributed by atoms with Crippen LogP contribution in [-0.4, -0.2) is 19.1 Å². The molecule has 0 bridgehead atoms. The number of rotatable bonds is 0. The topological polar surface area (TPSA) is 61.8 Å². The second-order valence-corrected chi connectivity index (χ2v) is 2.06. The molecule has 0 aliphatic carbocycles. The lowest BCUT2D eigenvalue weighted by atomic mass is 10.1. The highest BCUT2D eigenvalue weighted by molar-refractivity contribution is 4.97. The quantitative estimate of drug-likeness (QED) is 0.424. The van der Waals surface area contributed by atoms with Gasteiger partial charge in [-0.15, -0.1) is 0 Å². The van der Waals surface area contributed by atoms with Crippen LogP contribution in [0.25, 0.3) is 0 Å².